The molecule has 1 unspecified atom stereocenters. The van der Waals surface area contributed by atoms with Crippen LogP contribution in [0.2, 0.25) is 18.1 Å². The maximum absolute atomic E-state index is 13.9. The van der Waals surface area contributed by atoms with Gasteiger partial charge in [-0.25, -0.2) is 4.79 Å². The highest BCUT2D eigenvalue weighted by Crippen LogP contribution is 2.44. The van der Waals surface area contributed by atoms with Crippen molar-refractivity contribution in [1.82, 2.24) is 15.2 Å². The molecular weight excluding hydrogens is 597 g/mol. The molecule has 1 aliphatic heterocycles. The molecule has 2 amide bonds. The Labute approximate surface area is 275 Å². The summed E-state index contributed by atoms with van der Waals surface area (Å²) in [5, 5.41) is 15.4. The molecule has 0 radical (unpaired) electrons. The molecule has 0 bridgehead atoms. The highest BCUT2D eigenvalue weighted by atomic mass is 28.4. The molecule has 4 atom stereocenters. The van der Waals surface area contributed by atoms with Crippen molar-refractivity contribution in [3.8, 4) is 0 Å². The molecule has 2 aromatic heterocycles. The van der Waals surface area contributed by atoms with Crippen molar-refractivity contribution in [1.29, 1.82) is 0 Å². The Morgan fingerprint density at radius 3 is 2.30 bits per heavy atom. The van der Waals surface area contributed by atoms with E-state index in [-0.39, 0.29) is 29.1 Å². The van der Waals surface area contributed by atoms with E-state index < -0.39 is 26.1 Å². The van der Waals surface area contributed by atoms with Crippen LogP contribution < -0.4 is 10.0 Å². The van der Waals surface area contributed by atoms with Crippen LogP contribution in [0.5, 0.6) is 0 Å². The van der Waals surface area contributed by atoms with Crippen LogP contribution in [0.15, 0.2) is 73.3 Å². The van der Waals surface area contributed by atoms with Crippen molar-refractivity contribution >= 4 is 20.3 Å². The van der Waals surface area contributed by atoms with E-state index in [0.717, 1.165) is 27.8 Å². The third-order valence-electron chi connectivity index (χ3n) is 9.07. The van der Waals surface area contributed by atoms with Gasteiger partial charge >= 0.3 is 6.09 Å². The molecule has 0 aliphatic carbocycles. The summed E-state index contributed by atoms with van der Waals surface area (Å²) in [5.74, 6) is -0.164. The molecule has 3 aromatic rings. The van der Waals surface area contributed by atoms with E-state index >= 15 is 0 Å². The van der Waals surface area contributed by atoms with Crippen LogP contribution >= 0.6 is 0 Å². The number of aromatic nitrogens is 2. The third kappa shape index (κ3) is 8.73. The monoisotopic (exact) mass is 646 g/mol. The summed E-state index contributed by atoms with van der Waals surface area (Å²) in [6.45, 7) is 18.5. The number of carbonyl (C=O) groups excluding carboxylic acids is 2. The van der Waals surface area contributed by atoms with Gasteiger partial charge in [0.1, 0.15) is 5.60 Å². The minimum Gasteiger partial charge on any atom is -0.619 e. The van der Waals surface area contributed by atoms with Gasteiger partial charge < -0.3 is 19.7 Å². The smallest absolute Gasteiger partial charge is 0.410 e. The molecule has 1 saturated heterocycles. The predicted molar refractivity (Wildman–Crippen MR) is 182 cm³/mol. The number of pyridine rings is 2. The fourth-order valence-corrected chi connectivity index (χ4v) is 6.85. The number of benzene rings is 1. The lowest BCUT2D eigenvalue weighted by molar-refractivity contribution is -0.606. The molecule has 4 rings (SSSR count). The van der Waals surface area contributed by atoms with Gasteiger partial charge in [-0.3, -0.25) is 14.7 Å². The second kappa shape index (κ2) is 13.9. The average Bonchev–Trinajstić information content (AvgIpc) is 3.38. The van der Waals surface area contributed by atoms with Gasteiger partial charge in [0.15, 0.2) is 20.7 Å². The second-order valence-corrected chi connectivity index (χ2v) is 19.6. The van der Waals surface area contributed by atoms with E-state index in [2.05, 4.69) is 44.2 Å². The van der Waals surface area contributed by atoms with Crippen molar-refractivity contribution < 1.29 is 23.5 Å². The lowest BCUT2D eigenvalue weighted by Crippen LogP contribution is -2.51. The fourth-order valence-electron chi connectivity index (χ4n) is 5.57. The summed E-state index contributed by atoms with van der Waals surface area (Å²) < 4.78 is 13.8. The zero-order valence-corrected chi connectivity index (χ0v) is 29.7. The van der Waals surface area contributed by atoms with Crippen molar-refractivity contribution in [2.45, 2.75) is 116 Å². The quantitative estimate of drug-likeness (QED) is 0.149. The standard InChI is InChI=1S/C36H50N4O5Si/c1-25(28-12-10-20-37-23-28)38-33(41)27-16-14-26(15-17-27)22-30-18-19-31(40(30)34(42)44-35(2,3)4)32(29-13-11-21-39(43)24-29)45-46(8,9)36(5,6)7/h10-17,20-21,23-25,30-32H,18-19,22H2,1-9H3,(H,38,41)/t25-,30+,31-,32?/m1/s1. The first-order chi connectivity index (χ1) is 21.4. The minimum atomic E-state index is -2.33. The van der Waals surface area contributed by atoms with E-state index in [9.17, 15) is 14.8 Å². The van der Waals surface area contributed by atoms with E-state index in [0.29, 0.717) is 18.4 Å². The van der Waals surface area contributed by atoms with Crippen molar-refractivity contribution in [3.05, 3.63) is 101 Å². The summed E-state index contributed by atoms with van der Waals surface area (Å²) in [6.07, 6.45) is 7.61. The number of likely N-dealkylation sites (tertiary alicyclic amines) is 1. The molecule has 3 heterocycles. The first-order valence-corrected chi connectivity index (χ1v) is 19.0. The van der Waals surface area contributed by atoms with Crippen LogP contribution in [-0.4, -0.2) is 47.9 Å². The topological polar surface area (TPSA) is 108 Å². The molecule has 0 spiro atoms. The normalized spacial score (nSPS) is 18.6. The Hall–Kier alpha value is -3.76. The maximum atomic E-state index is 13.9. The summed E-state index contributed by atoms with van der Waals surface area (Å²) in [5.41, 5.74) is 2.57. The highest BCUT2D eigenvalue weighted by molar-refractivity contribution is 6.74. The Bertz CT molecular complexity index is 1480. The number of nitrogens with zero attached hydrogens (tertiary/aromatic N) is 3. The third-order valence-corrected chi connectivity index (χ3v) is 13.5. The Kier molecular flexibility index (Phi) is 10.6. The van der Waals surface area contributed by atoms with Crippen LogP contribution in [0.3, 0.4) is 0 Å². The number of hydrogen-bond donors (Lipinski definition) is 1. The van der Waals surface area contributed by atoms with Gasteiger partial charge in [0, 0.05) is 35.6 Å². The Morgan fingerprint density at radius 2 is 1.72 bits per heavy atom. The van der Waals surface area contributed by atoms with Crippen LogP contribution in [-0.2, 0) is 15.6 Å². The van der Waals surface area contributed by atoms with E-state index in [1.54, 1.807) is 24.7 Å². The van der Waals surface area contributed by atoms with Gasteiger partial charge in [0.2, 0.25) is 0 Å². The van der Waals surface area contributed by atoms with Crippen LogP contribution in [0, 0.1) is 5.21 Å². The van der Waals surface area contributed by atoms with E-state index in [1.165, 1.54) is 6.20 Å². The van der Waals surface area contributed by atoms with E-state index in [1.807, 2.05) is 75.1 Å². The SMILES string of the molecule is C[C@@H](NC(=O)c1ccc(C[C@@H]2CC[C@H](C(O[Si](C)(C)C(C)(C)C)c3ccc[n+]([O-])c3)N2C(=O)OC(C)(C)C)cc1)c1cccnc1. The Morgan fingerprint density at radius 1 is 1.04 bits per heavy atom. The van der Waals surface area contributed by atoms with Crippen molar-refractivity contribution in [2.75, 3.05) is 0 Å². The van der Waals surface area contributed by atoms with Crippen LogP contribution in [0.4, 0.5) is 4.79 Å². The first-order valence-electron chi connectivity index (χ1n) is 16.1. The molecule has 10 heteroatoms. The van der Waals surface area contributed by atoms with Crippen molar-refractivity contribution in [2.24, 2.45) is 0 Å². The summed E-state index contributed by atoms with van der Waals surface area (Å²) in [4.78, 5) is 32.9. The van der Waals surface area contributed by atoms with Gasteiger partial charge in [-0.2, -0.15) is 4.73 Å². The number of carbonyl (C=O) groups is 2. The number of nitrogens with one attached hydrogen (secondary N) is 1. The number of hydrogen-bond acceptors (Lipinski definition) is 6. The van der Waals surface area contributed by atoms with Crippen LogP contribution in [0.1, 0.15) is 101 Å². The molecule has 248 valence electrons. The fraction of sp³-hybridized carbons (Fsp3) is 0.500. The zero-order chi connectivity index (χ0) is 33.9. The zero-order valence-electron chi connectivity index (χ0n) is 28.7. The van der Waals surface area contributed by atoms with E-state index in [4.69, 9.17) is 9.16 Å². The summed E-state index contributed by atoms with van der Waals surface area (Å²) in [7, 11) is -2.33. The van der Waals surface area contributed by atoms with Gasteiger partial charge in [-0.05, 0) is 100 Å². The molecule has 1 fully saturated rings. The highest BCUT2D eigenvalue weighted by Gasteiger charge is 2.48. The average molecular weight is 647 g/mol. The van der Waals surface area contributed by atoms with Gasteiger partial charge in [0.05, 0.1) is 18.2 Å². The predicted octanol–water partition coefficient (Wildman–Crippen LogP) is 7.28. The maximum Gasteiger partial charge on any atom is 0.410 e. The molecule has 9 nitrogen and oxygen atoms in total. The summed E-state index contributed by atoms with van der Waals surface area (Å²) >= 11 is 0. The van der Waals surface area contributed by atoms with Gasteiger partial charge in [0.25, 0.3) is 5.91 Å². The molecule has 0 saturated carbocycles. The van der Waals surface area contributed by atoms with Gasteiger partial charge in [-0.1, -0.05) is 39.0 Å². The number of amides is 2. The molecule has 46 heavy (non-hydrogen) atoms. The lowest BCUT2D eigenvalue weighted by atomic mass is 10.0. The second-order valence-electron chi connectivity index (χ2n) is 14.9. The van der Waals surface area contributed by atoms with Crippen LogP contribution in [0.25, 0.3) is 0 Å². The van der Waals surface area contributed by atoms with Gasteiger partial charge in [-0.15, -0.1) is 0 Å². The largest absolute Gasteiger partial charge is 0.619 e. The molecule has 1 aromatic carbocycles. The Balaban J connectivity index is 1.60. The lowest BCUT2D eigenvalue weighted by Gasteiger charge is -2.43. The molecule has 1 N–H and O–H groups in total. The summed E-state index contributed by atoms with van der Waals surface area (Å²) in [6, 6.07) is 14.3. The number of rotatable bonds is 9. The molecular formula is C36H50N4O5Si. The number of ether oxygens (including phenoxy) is 1. The van der Waals surface area contributed by atoms with Crippen molar-refractivity contribution in [3.63, 3.8) is 0 Å². The minimum absolute atomic E-state index is 0.0773. The first kappa shape index (κ1) is 35.1. The molecule has 1 aliphatic rings.